The van der Waals surface area contributed by atoms with Crippen LogP contribution in [0.1, 0.15) is 24.0 Å². The van der Waals surface area contributed by atoms with Crippen molar-refractivity contribution >= 4 is 35.6 Å². The molecule has 5 nitrogen and oxygen atoms in total. The minimum atomic E-state index is 0. The largest absolute Gasteiger partial charge is 0.368 e. The van der Waals surface area contributed by atoms with E-state index in [4.69, 9.17) is 0 Å². The second kappa shape index (κ2) is 9.78. The number of guanidine groups is 1. The van der Waals surface area contributed by atoms with Gasteiger partial charge >= 0.3 is 0 Å². The van der Waals surface area contributed by atoms with Gasteiger partial charge in [-0.3, -0.25) is 4.99 Å². The van der Waals surface area contributed by atoms with E-state index in [-0.39, 0.29) is 24.0 Å². The summed E-state index contributed by atoms with van der Waals surface area (Å²) >= 11 is 0. The van der Waals surface area contributed by atoms with E-state index in [1.807, 2.05) is 7.05 Å². The van der Waals surface area contributed by atoms with E-state index in [0.717, 1.165) is 38.7 Å². The van der Waals surface area contributed by atoms with Crippen molar-refractivity contribution in [2.24, 2.45) is 4.99 Å². The Kier molecular flexibility index (Phi) is 8.01. The first-order valence-electron chi connectivity index (χ1n) is 9.57. The molecule has 1 aromatic carbocycles. The van der Waals surface area contributed by atoms with Crippen molar-refractivity contribution in [2.45, 2.75) is 32.7 Å². The standard InChI is InChI=1S/C20H33N5.HI/c1-16-7-5-9-19(17(16)2)24-11-13-25(14-12-24)20(21-3)22-15-18-8-6-10-23(18)4;/h5,7,9,18H,6,8,10-15H2,1-4H3,(H,21,22);1H. The van der Waals surface area contributed by atoms with E-state index in [2.05, 4.69) is 64.1 Å². The van der Waals surface area contributed by atoms with Crippen molar-refractivity contribution in [3.63, 3.8) is 0 Å². The Morgan fingerprint density at radius 3 is 2.50 bits per heavy atom. The normalized spacial score (nSPS) is 21.7. The lowest BCUT2D eigenvalue weighted by molar-refractivity contribution is 0.303. The van der Waals surface area contributed by atoms with Crippen LogP contribution < -0.4 is 10.2 Å². The number of halogens is 1. The quantitative estimate of drug-likeness (QED) is 0.418. The Bertz CT molecular complexity index is 610. The lowest BCUT2D eigenvalue weighted by Gasteiger charge is -2.38. The molecule has 1 unspecified atom stereocenters. The Morgan fingerprint density at radius 1 is 1.15 bits per heavy atom. The van der Waals surface area contributed by atoms with Crippen molar-refractivity contribution in [2.75, 3.05) is 58.3 Å². The Labute approximate surface area is 175 Å². The molecule has 1 atom stereocenters. The topological polar surface area (TPSA) is 34.1 Å². The van der Waals surface area contributed by atoms with Crippen molar-refractivity contribution in [3.8, 4) is 0 Å². The molecule has 146 valence electrons. The molecule has 2 aliphatic rings. The number of anilines is 1. The molecular weight excluding hydrogens is 437 g/mol. The van der Waals surface area contributed by atoms with Crippen LogP contribution in [0.15, 0.2) is 23.2 Å². The van der Waals surface area contributed by atoms with Crippen LogP contribution in [-0.2, 0) is 0 Å². The van der Waals surface area contributed by atoms with Gasteiger partial charge in [0.1, 0.15) is 0 Å². The number of nitrogens with one attached hydrogen (secondary N) is 1. The number of benzene rings is 1. The van der Waals surface area contributed by atoms with Gasteiger partial charge in [0.25, 0.3) is 0 Å². The van der Waals surface area contributed by atoms with E-state index in [9.17, 15) is 0 Å². The highest BCUT2D eigenvalue weighted by Crippen LogP contribution is 2.23. The van der Waals surface area contributed by atoms with E-state index < -0.39 is 0 Å². The van der Waals surface area contributed by atoms with Crippen LogP contribution >= 0.6 is 24.0 Å². The molecular formula is C20H34IN5. The fourth-order valence-corrected chi connectivity index (χ4v) is 4.02. The highest BCUT2D eigenvalue weighted by molar-refractivity contribution is 14.0. The molecule has 2 saturated heterocycles. The minimum Gasteiger partial charge on any atom is -0.368 e. The van der Waals surface area contributed by atoms with Gasteiger partial charge in [-0.25, -0.2) is 0 Å². The smallest absolute Gasteiger partial charge is 0.193 e. The zero-order valence-electron chi connectivity index (χ0n) is 16.7. The van der Waals surface area contributed by atoms with E-state index >= 15 is 0 Å². The number of hydrogen-bond donors (Lipinski definition) is 1. The lowest BCUT2D eigenvalue weighted by atomic mass is 10.1. The van der Waals surface area contributed by atoms with Crippen LogP contribution in [0.2, 0.25) is 0 Å². The molecule has 0 aromatic heterocycles. The Balaban J connectivity index is 0.00000243. The van der Waals surface area contributed by atoms with Gasteiger partial charge < -0.3 is 20.0 Å². The molecule has 26 heavy (non-hydrogen) atoms. The number of aliphatic imine (C=N–C) groups is 1. The van der Waals surface area contributed by atoms with Gasteiger partial charge in [-0.05, 0) is 57.5 Å². The predicted octanol–water partition coefficient (Wildman–Crippen LogP) is 2.71. The van der Waals surface area contributed by atoms with E-state index in [0.29, 0.717) is 6.04 Å². The molecule has 0 amide bonds. The van der Waals surface area contributed by atoms with Crippen LogP contribution in [0.5, 0.6) is 0 Å². The summed E-state index contributed by atoms with van der Waals surface area (Å²) in [7, 11) is 4.13. The maximum absolute atomic E-state index is 4.52. The molecule has 0 aliphatic carbocycles. The van der Waals surface area contributed by atoms with Crippen LogP contribution in [0.25, 0.3) is 0 Å². The van der Waals surface area contributed by atoms with Crippen molar-refractivity contribution in [1.29, 1.82) is 0 Å². The summed E-state index contributed by atoms with van der Waals surface area (Å²) < 4.78 is 0. The van der Waals surface area contributed by atoms with Crippen molar-refractivity contribution in [3.05, 3.63) is 29.3 Å². The SMILES string of the molecule is CN=C(NCC1CCCN1C)N1CCN(c2cccc(C)c2C)CC1.I. The first kappa shape index (κ1) is 21.3. The second-order valence-electron chi connectivity index (χ2n) is 7.40. The Morgan fingerprint density at radius 2 is 1.88 bits per heavy atom. The summed E-state index contributed by atoms with van der Waals surface area (Å²) in [5.74, 6) is 1.06. The van der Waals surface area contributed by atoms with Crippen LogP contribution in [0.4, 0.5) is 5.69 Å². The maximum atomic E-state index is 4.52. The first-order valence-corrected chi connectivity index (χ1v) is 9.57. The van der Waals surface area contributed by atoms with Gasteiger partial charge in [0.05, 0.1) is 0 Å². The predicted molar refractivity (Wildman–Crippen MR) is 122 cm³/mol. The molecule has 6 heteroatoms. The van der Waals surface area contributed by atoms with Gasteiger partial charge in [0, 0.05) is 51.5 Å². The van der Waals surface area contributed by atoms with Crippen LogP contribution in [-0.4, -0.2) is 75.2 Å². The second-order valence-corrected chi connectivity index (χ2v) is 7.40. The maximum Gasteiger partial charge on any atom is 0.193 e. The van der Waals surface area contributed by atoms with Gasteiger partial charge in [0.2, 0.25) is 0 Å². The number of hydrogen-bond acceptors (Lipinski definition) is 3. The molecule has 2 aliphatic heterocycles. The average Bonchev–Trinajstić information content (AvgIpc) is 3.04. The monoisotopic (exact) mass is 471 g/mol. The number of nitrogens with zero attached hydrogens (tertiary/aromatic N) is 4. The van der Waals surface area contributed by atoms with Gasteiger partial charge in [-0.2, -0.15) is 0 Å². The number of piperazine rings is 1. The summed E-state index contributed by atoms with van der Waals surface area (Å²) in [4.78, 5) is 11.9. The summed E-state index contributed by atoms with van der Waals surface area (Å²) in [6, 6.07) is 7.26. The molecule has 3 rings (SSSR count). The fourth-order valence-electron chi connectivity index (χ4n) is 4.02. The summed E-state index contributed by atoms with van der Waals surface area (Å²) in [5, 5.41) is 3.60. The lowest BCUT2D eigenvalue weighted by Crippen LogP contribution is -2.54. The van der Waals surface area contributed by atoms with Crippen LogP contribution in [0.3, 0.4) is 0 Å². The van der Waals surface area contributed by atoms with Gasteiger partial charge in [-0.1, -0.05) is 12.1 Å². The molecule has 2 fully saturated rings. The zero-order valence-corrected chi connectivity index (χ0v) is 19.0. The van der Waals surface area contributed by atoms with Crippen molar-refractivity contribution in [1.82, 2.24) is 15.1 Å². The molecule has 1 N–H and O–H groups in total. The summed E-state index contributed by atoms with van der Waals surface area (Å²) in [6.45, 7) is 10.8. The Hall–Kier alpha value is -1.02. The third kappa shape index (κ3) is 4.82. The average molecular weight is 471 g/mol. The zero-order chi connectivity index (χ0) is 17.8. The number of likely N-dealkylation sites (N-methyl/N-ethyl adjacent to an activating group) is 1. The molecule has 1 aromatic rings. The summed E-state index contributed by atoms with van der Waals surface area (Å²) in [6.07, 6.45) is 2.61. The van der Waals surface area contributed by atoms with E-state index in [1.54, 1.807) is 0 Å². The van der Waals surface area contributed by atoms with Crippen LogP contribution in [0, 0.1) is 13.8 Å². The molecule has 0 bridgehead atoms. The first-order chi connectivity index (χ1) is 12.1. The highest BCUT2D eigenvalue weighted by atomic mass is 127. The fraction of sp³-hybridized carbons (Fsp3) is 0.650. The van der Waals surface area contributed by atoms with Gasteiger partial charge in [-0.15, -0.1) is 24.0 Å². The highest BCUT2D eigenvalue weighted by Gasteiger charge is 2.24. The molecule has 0 spiro atoms. The third-order valence-electron chi connectivity index (χ3n) is 5.88. The number of rotatable bonds is 3. The molecule has 0 saturated carbocycles. The number of aryl methyl sites for hydroxylation is 1. The van der Waals surface area contributed by atoms with Gasteiger partial charge in [0.15, 0.2) is 5.96 Å². The number of likely N-dealkylation sites (tertiary alicyclic amines) is 1. The van der Waals surface area contributed by atoms with Crippen molar-refractivity contribution < 1.29 is 0 Å². The summed E-state index contributed by atoms with van der Waals surface area (Å²) in [5.41, 5.74) is 4.16. The van der Waals surface area contributed by atoms with E-state index in [1.165, 1.54) is 36.2 Å². The molecule has 2 heterocycles. The minimum absolute atomic E-state index is 0. The third-order valence-corrected chi connectivity index (χ3v) is 5.88. The molecule has 0 radical (unpaired) electrons.